The first-order valence-corrected chi connectivity index (χ1v) is 11.0. The average molecular weight is 404 g/mol. The highest BCUT2D eigenvalue weighted by Crippen LogP contribution is 2.24. The Kier molecular flexibility index (Phi) is 8.29. The van der Waals surface area contributed by atoms with Crippen molar-refractivity contribution in [3.63, 3.8) is 0 Å². The van der Waals surface area contributed by atoms with E-state index in [1.54, 1.807) is 19.5 Å². The summed E-state index contributed by atoms with van der Waals surface area (Å²) >= 11 is 1.43. The summed E-state index contributed by atoms with van der Waals surface area (Å²) in [5.74, 6) is 1.18. The van der Waals surface area contributed by atoms with Crippen molar-refractivity contribution in [1.29, 1.82) is 0 Å². The number of pyridine rings is 1. The number of amides is 1. The summed E-state index contributed by atoms with van der Waals surface area (Å²) in [6.45, 7) is 1.19. The number of hydrogen-bond acceptors (Lipinski definition) is 6. The Morgan fingerprint density at radius 2 is 1.89 bits per heavy atom. The first-order valence-electron chi connectivity index (χ1n) is 10.0. The SMILES string of the molecule is COCCn1c(SCC(=O)NC2CCCCCCC2)nnc1-c1ccncc1. The highest BCUT2D eigenvalue weighted by molar-refractivity contribution is 7.99. The number of carbonyl (C=O) groups is 1. The van der Waals surface area contributed by atoms with Crippen LogP contribution in [0.25, 0.3) is 11.4 Å². The van der Waals surface area contributed by atoms with Gasteiger partial charge in [-0.1, -0.05) is 43.9 Å². The van der Waals surface area contributed by atoms with E-state index in [2.05, 4.69) is 20.5 Å². The van der Waals surface area contributed by atoms with Crippen LogP contribution in [0.2, 0.25) is 0 Å². The molecule has 1 aliphatic rings. The van der Waals surface area contributed by atoms with Crippen LogP contribution in [0.15, 0.2) is 29.7 Å². The van der Waals surface area contributed by atoms with E-state index in [-0.39, 0.29) is 5.91 Å². The lowest BCUT2D eigenvalue weighted by Gasteiger charge is -2.20. The molecule has 1 amide bonds. The zero-order valence-electron chi connectivity index (χ0n) is 16.5. The second-order valence-corrected chi connectivity index (χ2v) is 8.03. The lowest BCUT2D eigenvalue weighted by atomic mass is 9.97. The third-order valence-corrected chi connectivity index (χ3v) is 5.94. The smallest absolute Gasteiger partial charge is 0.230 e. The molecule has 0 atom stereocenters. The van der Waals surface area contributed by atoms with Gasteiger partial charge >= 0.3 is 0 Å². The quantitative estimate of drug-likeness (QED) is 0.681. The van der Waals surface area contributed by atoms with E-state index in [9.17, 15) is 4.79 Å². The zero-order valence-corrected chi connectivity index (χ0v) is 17.3. The number of hydrogen-bond donors (Lipinski definition) is 1. The fourth-order valence-electron chi connectivity index (χ4n) is 3.49. The van der Waals surface area contributed by atoms with Gasteiger partial charge in [-0.2, -0.15) is 0 Å². The molecule has 28 heavy (non-hydrogen) atoms. The summed E-state index contributed by atoms with van der Waals surface area (Å²) in [5.41, 5.74) is 0.949. The van der Waals surface area contributed by atoms with Crippen LogP contribution in [0.4, 0.5) is 0 Å². The minimum absolute atomic E-state index is 0.0716. The zero-order chi connectivity index (χ0) is 19.6. The van der Waals surface area contributed by atoms with E-state index in [1.807, 2.05) is 16.7 Å². The molecule has 8 heteroatoms. The van der Waals surface area contributed by atoms with Gasteiger partial charge in [-0.25, -0.2) is 0 Å². The van der Waals surface area contributed by atoms with Gasteiger partial charge in [0.25, 0.3) is 0 Å². The molecule has 0 aromatic carbocycles. The summed E-state index contributed by atoms with van der Waals surface area (Å²) in [4.78, 5) is 16.5. The maximum atomic E-state index is 12.5. The monoisotopic (exact) mass is 403 g/mol. The van der Waals surface area contributed by atoms with Gasteiger partial charge in [-0.05, 0) is 25.0 Å². The number of carbonyl (C=O) groups excluding carboxylic acids is 1. The molecule has 152 valence electrons. The van der Waals surface area contributed by atoms with Crippen LogP contribution >= 0.6 is 11.8 Å². The largest absolute Gasteiger partial charge is 0.383 e. The third-order valence-electron chi connectivity index (χ3n) is 4.98. The average Bonchev–Trinajstić information content (AvgIpc) is 3.10. The molecular formula is C20H29N5O2S. The Labute approximate surface area is 170 Å². The number of thioether (sulfide) groups is 1. The number of nitrogens with one attached hydrogen (secondary N) is 1. The van der Waals surface area contributed by atoms with Crippen molar-refractivity contribution < 1.29 is 9.53 Å². The van der Waals surface area contributed by atoms with Gasteiger partial charge in [0.05, 0.1) is 18.9 Å². The molecule has 0 spiro atoms. The second-order valence-electron chi connectivity index (χ2n) is 7.08. The molecule has 0 unspecified atom stereocenters. The van der Waals surface area contributed by atoms with Gasteiger partial charge in [0.1, 0.15) is 0 Å². The topological polar surface area (TPSA) is 81.9 Å². The normalized spacial score (nSPS) is 15.8. The predicted molar refractivity (Wildman–Crippen MR) is 110 cm³/mol. The van der Waals surface area contributed by atoms with Gasteiger partial charge in [0, 0.05) is 31.1 Å². The number of rotatable bonds is 8. The molecular weight excluding hydrogens is 374 g/mol. The summed E-state index contributed by atoms with van der Waals surface area (Å²) in [5, 5.41) is 12.6. The molecule has 1 saturated carbocycles. The molecule has 0 bridgehead atoms. The molecule has 1 aliphatic carbocycles. The Bertz CT molecular complexity index is 729. The van der Waals surface area contributed by atoms with Gasteiger partial charge in [0.15, 0.2) is 11.0 Å². The van der Waals surface area contributed by atoms with Crippen molar-refractivity contribution >= 4 is 17.7 Å². The molecule has 1 N–H and O–H groups in total. The highest BCUT2D eigenvalue weighted by atomic mass is 32.2. The van der Waals surface area contributed by atoms with Crippen molar-refractivity contribution in [3.05, 3.63) is 24.5 Å². The fourth-order valence-corrected chi connectivity index (χ4v) is 4.27. The van der Waals surface area contributed by atoms with Crippen LogP contribution in [0.3, 0.4) is 0 Å². The molecule has 2 aromatic rings. The molecule has 0 saturated heterocycles. The summed E-state index contributed by atoms with van der Waals surface area (Å²) in [6, 6.07) is 4.12. The van der Waals surface area contributed by atoms with Gasteiger partial charge in [0.2, 0.25) is 5.91 Å². The first-order chi connectivity index (χ1) is 13.8. The molecule has 2 heterocycles. The Balaban J connectivity index is 1.61. The molecule has 0 radical (unpaired) electrons. The predicted octanol–water partition coefficient (Wildman–Crippen LogP) is 3.31. The maximum Gasteiger partial charge on any atom is 0.230 e. The molecule has 3 rings (SSSR count). The van der Waals surface area contributed by atoms with E-state index in [0.717, 1.165) is 29.4 Å². The van der Waals surface area contributed by atoms with Gasteiger partial charge in [-0.3, -0.25) is 14.3 Å². The van der Waals surface area contributed by atoms with Crippen molar-refractivity contribution in [3.8, 4) is 11.4 Å². The lowest BCUT2D eigenvalue weighted by Crippen LogP contribution is -2.36. The number of aromatic nitrogens is 4. The fraction of sp³-hybridized carbons (Fsp3) is 0.600. The van der Waals surface area contributed by atoms with Crippen LogP contribution in [0, 0.1) is 0 Å². The van der Waals surface area contributed by atoms with E-state index in [4.69, 9.17) is 4.74 Å². The Hall–Kier alpha value is -1.93. The van der Waals surface area contributed by atoms with Crippen LogP contribution in [-0.4, -0.2) is 51.2 Å². The number of nitrogens with zero attached hydrogens (tertiary/aromatic N) is 4. The van der Waals surface area contributed by atoms with Crippen LogP contribution in [-0.2, 0) is 16.1 Å². The highest BCUT2D eigenvalue weighted by Gasteiger charge is 2.18. The second kappa shape index (κ2) is 11.2. The summed E-state index contributed by atoms with van der Waals surface area (Å²) in [6.07, 6.45) is 12.0. The van der Waals surface area contributed by atoms with Crippen LogP contribution < -0.4 is 5.32 Å². The first kappa shape index (κ1) is 20.8. The van der Waals surface area contributed by atoms with E-state index >= 15 is 0 Å². The molecule has 2 aromatic heterocycles. The Morgan fingerprint density at radius 3 is 2.61 bits per heavy atom. The van der Waals surface area contributed by atoms with Crippen LogP contribution in [0.5, 0.6) is 0 Å². The van der Waals surface area contributed by atoms with Crippen molar-refractivity contribution in [2.75, 3.05) is 19.5 Å². The molecule has 7 nitrogen and oxygen atoms in total. The Morgan fingerprint density at radius 1 is 1.18 bits per heavy atom. The number of methoxy groups -OCH3 is 1. The van der Waals surface area contributed by atoms with Crippen LogP contribution in [0.1, 0.15) is 44.9 Å². The van der Waals surface area contributed by atoms with E-state index in [1.165, 1.54) is 43.9 Å². The van der Waals surface area contributed by atoms with Crippen molar-refractivity contribution in [2.45, 2.75) is 62.7 Å². The van der Waals surface area contributed by atoms with E-state index in [0.29, 0.717) is 24.9 Å². The van der Waals surface area contributed by atoms with E-state index < -0.39 is 0 Å². The van der Waals surface area contributed by atoms with Gasteiger partial charge < -0.3 is 10.1 Å². The summed E-state index contributed by atoms with van der Waals surface area (Å²) in [7, 11) is 1.67. The lowest BCUT2D eigenvalue weighted by molar-refractivity contribution is -0.119. The number of ether oxygens (including phenoxy) is 1. The molecule has 1 fully saturated rings. The van der Waals surface area contributed by atoms with Crippen molar-refractivity contribution in [1.82, 2.24) is 25.1 Å². The third kappa shape index (κ3) is 6.04. The minimum Gasteiger partial charge on any atom is -0.383 e. The summed E-state index contributed by atoms with van der Waals surface area (Å²) < 4.78 is 7.24. The van der Waals surface area contributed by atoms with Gasteiger partial charge in [-0.15, -0.1) is 10.2 Å². The van der Waals surface area contributed by atoms with Crippen molar-refractivity contribution in [2.24, 2.45) is 0 Å². The minimum atomic E-state index is 0.0716. The molecule has 0 aliphatic heterocycles. The standard InChI is InChI=1S/C20H29N5O2S/c1-27-14-13-25-19(16-9-11-21-12-10-16)23-24-20(25)28-15-18(26)22-17-7-5-3-2-4-6-8-17/h9-12,17H,2-8,13-15H2,1H3,(H,22,26). The maximum absolute atomic E-state index is 12.5.